The summed E-state index contributed by atoms with van der Waals surface area (Å²) in [6.45, 7) is 5.93. The van der Waals surface area contributed by atoms with E-state index >= 15 is 0 Å². The van der Waals surface area contributed by atoms with Gasteiger partial charge in [0.05, 0.1) is 17.4 Å². The van der Waals surface area contributed by atoms with Crippen molar-refractivity contribution in [1.29, 1.82) is 0 Å². The maximum atomic E-state index is 12.6. The molecule has 2 aromatic rings. The predicted octanol–water partition coefficient (Wildman–Crippen LogP) is 5.33. The van der Waals surface area contributed by atoms with E-state index in [9.17, 15) is 9.59 Å². The highest BCUT2D eigenvalue weighted by Gasteiger charge is 2.19. The van der Waals surface area contributed by atoms with Gasteiger partial charge in [-0.25, -0.2) is 4.79 Å². The van der Waals surface area contributed by atoms with Gasteiger partial charge in [0.25, 0.3) is 0 Å². The molecular weight excluding hydrogens is 370 g/mol. The van der Waals surface area contributed by atoms with Gasteiger partial charge in [-0.05, 0) is 68.3 Å². The zero-order valence-corrected chi connectivity index (χ0v) is 16.6. The van der Waals surface area contributed by atoms with Crippen molar-refractivity contribution in [1.82, 2.24) is 0 Å². The molecule has 2 aromatic carbocycles. The predicted molar refractivity (Wildman–Crippen MR) is 107 cm³/mol. The standard InChI is InChI=1S/C20H22ClNO3S/c1-4-18(26-16-9-7-15(21)8-10-16)19(23)22-17-11-6-14(12-13(17)3)20(24)25-5-2/h6-12,18H,4-5H2,1-3H3,(H,22,23)/t18-/m0/s1. The second-order valence-electron chi connectivity index (χ2n) is 5.71. The van der Waals surface area contributed by atoms with Gasteiger partial charge in [-0.3, -0.25) is 4.79 Å². The van der Waals surface area contributed by atoms with Crippen molar-refractivity contribution >= 4 is 40.9 Å². The molecule has 0 bridgehead atoms. The number of nitrogens with one attached hydrogen (secondary N) is 1. The van der Waals surface area contributed by atoms with E-state index < -0.39 is 0 Å². The van der Waals surface area contributed by atoms with E-state index in [0.717, 1.165) is 10.5 Å². The van der Waals surface area contributed by atoms with E-state index in [1.807, 2.05) is 38.1 Å². The number of anilines is 1. The van der Waals surface area contributed by atoms with Crippen molar-refractivity contribution in [2.45, 2.75) is 37.3 Å². The summed E-state index contributed by atoms with van der Waals surface area (Å²) >= 11 is 7.40. The van der Waals surface area contributed by atoms with E-state index in [1.54, 1.807) is 25.1 Å². The number of hydrogen-bond acceptors (Lipinski definition) is 4. The molecule has 0 saturated carbocycles. The van der Waals surface area contributed by atoms with Crippen molar-refractivity contribution in [3.8, 4) is 0 Å². The number of carbonyl (C=O) groups excluding carboxylic acids is 2. The van der Waals surface area contributed by atoms with Gasteiger partial charge in [0, 0.05) is 15.6 Å². The van der Waals surface area contributed by atoms with Gasteiger partial charge < -0.3 is 10.1 Å². The Morgan fingerprint density at radius 1 is 1.15 bits per heavy atom. The molecular formula is C20H22ClNO3S. The third-order valence-electron chi connectivity index (χ3n) is 3.75. The van der Waals surface area contributed by atoms with Crippen LogP contribution >= 0.6 is 23.4 Å². The van der Waals surface area contributed by atoms with E-state index in [1.165, 1.54) is 11.8 Å². The molecule has 26 heavy (non-hydrogen) atoms. The number of carbonyl (C=O) groups is 2. The maximum Gasteiger partial charge on any atom is 0.338 e. The summed E-state index contributed by atoms with van der Waals surface area (Å²) in [5, 5.41) is 3.40. The van der Waals surface area contributed by atoms with E-state index in [2.05, 4.69) is 5.32 Å². The number of esters is 1. The lowest BCUT2D eigenvalue weighted by atomic mass is 10.1. The largest absolute Gasteiger partial charge is 0.462 e. The zero-order valence-electron chi connectivity index (χ0n) is 15.0. The molecule has 0 aliphatic heterocycles. The summed E-state index contributed by atoms with van der Waals surface area (Å²) in [6, 6.07) is 12.6. The highest BCUT2D eigenvalue weighted by atomic mass is 35.5. The number of amides is 1. The fourth-order valence-electron chi connectivity index (χ4n) is 2.36. The summed E-state index contributed by atoms with van der Waals surface area (Å²) in [5.41, 5.74) is 1.98. The lowest BCUT2D eigenvalue weighted by Gasteiger charge is -2.16. The Bertz CT molecular complexity index is 777. The van der Waals surface area contributed by atoms with Crippen molar-refractivity contribution in [3.05, 3.63) is 58.6 Å². The number of ether oxygens (including phenoxy) is 1. The number of rotatable bonds is 7. The van der Waals surface area contributed by atoms with Crippen LogP contribution in [0.15, 0.2) is 47.4 Å². The Morgan fingerprint density at radius 2 is 1.85 bits per heavy atom. The second kappa shape index (κ2) is 9.64. The SMILES string of the molecule is CCOC(=O)c1ccc(NC(=O)[C@H](CC)Sc2ccc(Cl)cc2)c(C)c1. The molecule has 0 unspecified atom stereocenters. The Kier molecular flexibility index (Phi) is 7.54. The number of thioether (sulfide) groups is 1. The summed E-state index contributed by atoms with van der Waals surface area (Å²) in [7, 11) is 0. The Morgan fingerprint density at radius 3 is 2.42 bits per heavy atom. The minimum absolute atomic E-state index is 0.0700. The average Bonchev–Trinajstić information content (AvgIpc) is 2.63. The molecule has 1 atom stereocenters. The normalized spacial score (nSPS) is 11.7. The molecule has 0 radical (unpaired) electrons. The van der Waals surface area contributed by atoms with E-state index in [0.29, 0.717) is 29.3 Å². The van der Waals surface area contributed by atoms with Crippen LogP contribution in [0.25, 0.3) is 0 Å². The smallest absolute Gasteiger partial charge is 0.338 e. The van der Waals surface area contributed by atoms with Crippen LogP contribution in [0.5, 0.6) is 0 Å². The lowest BCUT2D eigenvalue weighted by molar-refractivity contribution is -0.115. The molecule has 6 heteroatoms. The number of benzene rings is 2. The van der Waals surface area contributed by atoms with Crippen molar-refractivity contribution in [3.63, 3.8) is 0 Å². The van der Waals surface area contributed by atoms with Crippen LogP contribution in [0, 0.1) is 6.92 Å². The second-order valence-corrected chi connectivity index (χ2v) is 7.42. The molecule has 2 rings (SSSR count). The molecule has 0 saturated heterocycles. The molecule has 0 aromatic heterocycles. The van der Waals surface area contributed by atoms with Crippen molar-refractivity contribution < 1.29 is 14.3 Å². The summed E-state index contributed by atoms with van der Waals surface area (Å²) in [4.78, 5) is 25.4. The van der Waals surface area contributed by atoms with Crippen LogP contribution in [0.4, 0.5) is 5.69 Å². The number of aryl methyl sites for hydroxylation is 1. The molecule has 0 spiro atoms. The van der Waals surface area contributed by atoms with Crippen LogP contribution in [0.3, 0.4) is 0 Å². The first-order valence-corrected chi connectivity index (χ1v) is 9.71. The first-order valence-electron chi connectivity index (χ1n) is 8.45. The van der Waals surface area contributed by atoms with Gasteiger partial charge in [-0.15, -0.1) is 11.8 Å². The van der Waals surface area contributed by atoms with Crippen LogP contribution in [-0.2, 0) is 9.53 Å². The van der Waals surface area contributed by atoms with Crippen LogP contribution in [-0.4, -0.2) is 23.7 Å². The maximum absolute atomic E-state index is 12.6. The third-order valence-corrected chi connectivity index (χ3v) is 5.38. The van der Waals surface area contributed by atoms with Gasteiger partial charge in [-0.1, -0.05) is 18.5 Å². The molecule has 1 N–H and O–H groups in total. The molecule has 138 valence electrons. The topological polar surface area (TPSA) is 55.4 Å². The Labute approximate surface area is 163 Å². The van der Waals surface area contributed by atoms with Gasteiger partial charge >= 0.3 is 5.97 Å². The summed E-state index contributed by atoms with van der Waals surface area (Å²) in [5.74, 6) is -0.433. The Balaban J connectivity index is 2.07. The molecule has 1 amide bonds. The molecule has 0 aliphatic carbocycles. The van der Waals surface area contributed by atoms with Crippen molar-refractivity contribution in [2.24, 2.45) is 0 Å². The van der Waals surface area contributed by atoms with Crippen LogP contribution in [0.1, 0.15) is 36.2 Å². The minimum Gasteiger partial charge on any atom is -0.462 e. The molecule has 0 heterocycles. The van der Waals surface area contributed by atoms with Crippen LogP contribution < -0.4 is 5.32 Å². The fourth-order valence-corrected chi connectivity index (χ4v) is 3.44. The first kappa shape index (κ1) is 20.3. The number of halogens is 1. The quantitative estimate of drug-likeness (QED) is 0.511. The van der Waals surface area contributed by atoms with Gasteiger partial charge in [0.2, 0.25) is 5.91 Å². The van der Waals surface area contributed by atoms with Gasteiger partial charge in [0.1, 0.15) is 0 Å². The van der Waals surface area contributed by atoms with Gasteiger partial charge in [-0.2, -0.15) is 0 Å². The highest BCUT2D eigenvalue weighted by Crippen LogP contribution is 2.28. The highest BCUT2D eigenvalue weighted by molar-refractivity contribution is 8.00. The van der Waals surface area contributed by atoms with Gasteiger partial charge in [0.15, 0.2) is 0 Å². The average molecular weight is 392 g/mol. The van der Waals surface area contributed by atoms with Crippen LogP contribution in [0.2, 0.25) is 5.02 Å². The minimum atomic E-state index is -0.363. The summed E-state index contributed by atoms with van der Waals surface area (Å²) < 4.78 is 5.00. The van der Waals surface area contributed by atoms with E-state index in [-0.39, 0.29) is 17.1 Å². The first-order chi connectivity index (χ1) is 12.4. The zero-order chi connectivity index (χ0) is 19.1. The lowest BCUT2D eigenvalue weighted by Crippen LogP contribution is -2.25. The monoisotopic (exact) mass is 391 g/mol. The Hall–Kier alpha value is -1.98. The summed E-state index contributed by atoms with van der Waals surface area (Å²) in [6.07, 6.45) is 0.694. The van der Waals surface area contributed by atoms with E-state index in [4.69, 9.17) is 16.3 Å². The number of hydrogen-bond donors (Lipinski definition) is 1. The molecule has 4 nitrogen and oxygen atoms in total. The van der Waals surface area contributed by atoms with Crippen molar-refractivity contribution in [2.75, 3.05) is 11.9 Å². The molecule has 0 fully saturated rings. The fraction of sp³-hybridized carbons (Fsp3) is 0.300. The third kappa shape index (κ3) is 5.51. The molecule has 0 aliphatic rings.